The van der Waals surface area contributed by atoms with E-state index in [-0.39, 0.29) is 6.03 Å². The van der Waals surface area contributed by atoms with Crippen LogP contribution < -0.4 is 5.32 Å². The number of hydrogen-bond donors (Lipinski definition) is 1. The minimum atomic E-state index is -0.0831. The first kappa shape index (κ1) is 17.7. The largest absolute Gasteiger partial charge is 0.322 e. The van der Waals surface area contributed by atoms with Crippen LogP contribution in [0.2, 0.25) is 0 Å². The van der Waals surface area contributed by atoms with Gasteiger partial charge in [0.25, 0.3) is 0 Å². The molecule has 1 heterocycles. The normalized spacial score (nSPS) is 10.4. The fourth-order valence-corrected chi connectivity index (χ4v) is 3.59. The lowest BCUT2D eigenvalue weighted by Gasteiger charge is -2.23. The van der Waals surface area contributed by atoms with Crippen molar-refractivity contribution >= 4 is 39.0 Å². The van der Waals surface area contributed by atoms with Crippen molar-refractivity contribution in [2.45, 2.75) is 13.0 Å². The van der Waals surface area contributed by atoms with Gasteiger partial charge in [-0.15, -0.1) is 0 Å². The molecule has 0 unspecified atom stereocenters. The molecule has 0 saturated heterocycles. The molecule has 128 valence electrons. The molecule has 2 aromatic carbocycles. The predicted molar refractivity (Wildman–Crippen MR) is 108 cm³/mol. The molecule has 3 aromatic rings. The number of anilines is 1. The molecular weight excluding hydrogens is 396 g/mol. The first-order valence-electron chi connectivity index (χ1n) is 8.07. The fraction of sp³-hybridized carbons (Fsp3) is 0.150. The smallest absolute Gasteiger partial charge is 0.320 e. The van der Waals surface area contributed by atoms with E-state index in [0.717, 1.165) is 22.1 Å². The Morgan fingerprint density at radius 3 is 2.60 bits per heavy atom. The summed E-state index contributed by atoms with van der Waals surface area (Å²) in [6.45, 7) is 1.27. The van der Waals surface area contributed by atoms with Crippen LogP contribution >= 0.6 is 27.3 Å². The van der Waals surface area contributed by atoms with Crippen molar-refractivity contribution < 1.29 is 4.79 Å². The Balaban J connectivity index is 1.69. The summed E-state index contributed by atoms with van der Waals surface area (Å²) >= 11 is 5.08. The summed E-state index contributed by atoms with van der Waals surface area (Å²) in [5.41, 5.74) is 3.17. The van der Waals surface area contributed by atoms with Gasteiger partial charge in [0.05, 0.1) is 0 Å². The number of hydrogen-bond acceptors (Lipinski definition) is 2. The number of benzene rings is 2. The van der Waals surface area contributed by atoms with Gasteiger partial charge in [-0.2, -0.15) is 11.3 Å². The Kier molecular flexibility index (Phi) is 6.25. The summed E-state index contributed by atoms with van der Waals surface area (Å²) in [5, 5.41) is 7.12. The molecule has 0 fully saturated rings. The molecule has 0 spiro atoms. The van der Waals surface area contributed by atoms with Crippen molar-refractivity contribution in [3.05, 3.63) is 87.0 Å². The minimum Gasteiger partial charge on any atom is -0.320 e. The maximum Gasteiger partial charge on any atom is 0.322 e. The van der Waals surface area contributed by atoms with Gasteiger partial charge >= 0.3 is 6.03 Å². The van der Waals surface area contributed by atoms with Crippen LogP contribution in [0.4, 0.5) is 10.5 Å². The van der Waals surface area contributed by atoms with Crippen LogP contribution in [0.15, 0.2) is 75.9 Å². The fourth-order valence-electron chi connectivity index (χ4n) is 2.53. The van der Waals surface area contributed by atoms with Gasteiger partial charge in [0, 0.05) is 23.2 Å². The average Bonchev–Trinajstić information content (AvgIpc) is 3.12. The monoisotopic (exact) mass is 414 g/mol. The molecule has 0 aliphatic heterocycles. The third-order valence-corrected chi connectivity index (χ3v) is 5.06. The van der Waals surface area contributed by atoms with E-state index in [1.54, 1.807) is 11.3 Å². The summed E-state index contributed by atoms with van der Waals surface area (Å²) in [4.78, 5) is 14.6. The molecule has 0 aliphatic carbocycles. The van der Waals surface area contributed by atoms with Gasteiger partial charge in [-0.25, -0.2) is 4.79 Å². The molecular formula is C20H19BrN2OS. The summed E-state index contributed by atoms with van der Waals surface area (Å²) in [6.07, 6.45) is 0.830. The van der Waals surface area contributed by atoms with Crippen LogP contribution in [0, 0.1) is 0 Å². The Hall–Kier alpha value is -2.11. The SMILES string of the molecule is O=C(Nc1cccc(Br)c1)N(CCc1ccccc1)Cc1ccsc1. The molecule has 0 radical (unpaired) electrons. The van der Waals surface area contributed by atoms with Crippen LogP contribution in [0.3, 0.4) is 0 Å². The minimum absolute atomic E-state index is 0.0831. The van der Waals surface area contributed by atoms with Crippen molar-refractivity contribution in [1.82, 2.24) is 4.90 Å². The molecule has 0 atom stereocenters. The quantitative estimate of drug-likeness (QED) is 0.543. The number of halogens is 1. The maximum atomic E-state index is 12.8. The van der Waals surface area contributed by atoms with E-state index in [2.05, 4.69) is 44.8 Å². The third-order valence-electron chi connectivity index (χ3n) is 3.83. The summed E-state index contributed by atoms with van der Waals surface area (Å²) in [6, 6.07) is 19.9. The lowest BCUT2D eigenvalue weighted by molar-refractivity contribution is 0.210. The van der Waals surface area contributed by atoms with Gasteiger partial charge in [-0.05, 0) is 52.6 Å². The van der Waals surface area contributed by atoms with Gasteiger partial charge in [0.1, 0.15) is 0 Å². The molecule has 0 bridgehead atoms. The van der Waals surface area contributed by atoms with Crippen LogP contribution in [-0.2, 0) is 13.0 Å². The van der Waals surface area contributed by atoms with E-state index in [4.69, 9.17) is 0 Å². The number of nitrogens with one attached hydrogen (secondary N) is 1. The molecule has 25 heavy (non-hydrogen) atoms. The summed E-state index contributed by atoms with van der Waals surface area (Å²) in [7, 11) is 0. The van der Waals surface area contributed by atoms with Crippen LogP contribution in [0.5, 0.6) is 0 Å². The van der Waals surface area contributed by atoms with Crippen LogP contribution in [-0.4, -0.2) is 17.5 Å². The number of amides is 2. The van der Waals surface area contributed by atoms with Gasteiger partial charge < -0.3 is 10.2 Å². The molecule has 2 amide bonds. The molecule has 1 aromatic heterocycles. The van der Waals surface area contributed by atoms with Gasteiger partial charge in [0.2, 0.25) is 0 Å². The zero-order valence-electron chi connectivity index (χ0n) is 13.7. The maximum absolute atomic E-state index is 12.8. The van der Waals surface area contributed by atoms with Crippen molar-refractivity contribution in [1.29, 1.82) is 0 Å². The van der Waals surface area contributed by atoms with Gasteiger partial charge in [-0.3, -0.25) is 0 Å². The summed E-state index contributed by atoms with van der Waals surface area (Å²) in [5.74, 6) is 0. The zero-order valence-corrected chi connectivity index (χ0v) is 16.1. The second-order valence-corrected chi connectivity index (χ2v) is 7.42. The number of rotatable bonds is 6. The molecule has 3 rings (SSSR count). The van der Waals surface area contributed by atoms with Crippen LogP contribution in [0.1, 0.15) is 11.1 Å². The average molecular weight is 415 g/mol. The number of carbonyl (C=O) groups is 1. The molecule has 0 aliphatic rings. The van der Waals surface area contributed by atoms with Crippen LogP contribution in [0.25, 0.3) is 0 Å². The topological polar surface area (TPSA) is 32.3 Å². The highest BCUT2D eigenvalue weighted by Crippen LogP contribution is 2.17. The Bertz CT molecular complexity index is 806. The lowest BCUT2D eigenvalue weighted by atomic mass is 10.1. The first-order chi connectivity index (χ1) is 12.2. The van der Waals surface area contributed by atoms with E-state index in [1.165, 1.54) is 5.56 Å². The molecule has 0 saturated carbocycles. The highest BCUT2D eigenvalue weighted by Gasteiger charge is 2.14. The van der Waals surface area contributed by atoms with Crippen molar-refractivity contribution in [3.63, 3.8) is 0 Å². The highest BCUT2D eigenvalue weighted by atomic mass is 79.9. The summed E-state index contributed by atoms with van der Waals surface area (Å²) < 4.78 is 0.943. The highest BCUT2D eigenvalue weighted by molar-refractivity contribution is 9.10. The zero-order chi connectivity index (χ0) is 17.5. The van der Waals surface area contributed by atoms with Crippen molar-refractivity contribution in [2.24, 2.45) is 0 Å². The molecule has 1 N–H and O–H groups in total. The second kappa shape index (κ2) is 8.83. The second-order valence-electron chi connectivity index (χ2n) is 5.73. The van der Waals surface area contributed by atoms with Gasteiger partial charge in [-0.1, -0.05) is 52.3 Å². The number of carbonyl (C=O) groups excluding carboxylic acids is 1. The number of nitrogens with zero attached hydrogens (tertiary/aromatic N) is 1. The standard InChI is InChI=1S/C20H19BrN2OS/c21-18-7-4-8-19(13-18)22-20(24)23(14-17-10-12-25-15-17)11-9-16-5-2-1-3-6-16/h1-8,10,12-13,15H,9,11,14H2,(H,22,24). The van der Waals surface area contributed by atoms with E-state index < -0.39 is 0 Å². The molecule has 5 heteroatoms. The van der Waals surface area contributed by atoms with E-state index >= 15 is 0 Å². The van der Waals surface area contributed by atoms with Gasteiger partial charge in [0.15, 0.2) is 0 Å². The van der Waals surface area contributed by atoms with E-state index in [0.29, 0.717) is 13.1 Å². The Labute approximate surface area is 160 Å². The van der Waals surface area contributed by atoms with E-state index in [9.17, 15) is 4.79 Å². The predicted octanol–water partition coefficient (Wildman–Crippen LogP) is 5.79. The number of urea groups is 1. The Morgan fingerprint density at radius 1 is 1.04 bits per heavy atom. The number of thiophene rings is 1. The van der Waals surface area contributed by atoms with Crippen molar-refractivity contribution in [2.75, 3.05) is 11.9 Å². The lowest BCUT2D eigenvalue weighted by Crippen LogP contribution is -2.36. The molecule has 3 nitrogen and oxygen atoms in total. The third kappa shape index (κ3) is 5.44. The Morgan fingerprint density at radius 2 is 1.88 bits per heavy atom. The van der Waals surface area contributed by atoms with Crippen molar-refractivity contribution in [3.8, 4) is 0 Å². The van der Waals surface area contributed by atoms with E-state index in [1.807, 2.05) is 52.7 Å². The first-order valence-corrected chi connectivity index (χ1v) is 9.81.